The second-order valence-corrected chi connectivity index (χ2v) is 4.18. The minimum Gasteiger partial charge on any atom is -0.295 e. The standard InChI is InChI=1S/C13H10F4O/c14-12-7-9(4-5-11(12)13(15,16)17)8-2-1-3-10(18)6-8/h4-7H,1-3H2. The lowest BCUT2D eigenvalue weighted by Gasteiger charge is -2.14. The van der Waals surface area contributed by atoms with Crippen LogP contribution in [0.1, 0.15) is 30.4 Å². The molecule has 1 aromatic rings. The number of hydrogen-bond donors (Lipinski definition) is 0. The highest BCUT2D eigenvalue weighted by Gasteiger charge is 2.34. The Morgan fingerprint density at radius 1 is 1.11 bits per heavy atom. The van der Waals surface area contributed by atoms with Crippen molar-refractivity contribution in [3.05, 3.63) is 41.2 Å². The van der Waals surface area contributed by atoms with Gasteiger partial charge in [-0.3, -0.25) is 4.79 Å². The lowest BCUT2D eigenvalue weighted by atomic mass is 9.92. The first-order valence-electron chi connectivity index (χ1n) is 5.48. The van der Waals surface area contributed by atoms with Crippen molar-refractivity contribution in [2.45, 2.75) is 25.4 Å². The number of ketones is 1. The number of alkyl halides is 3. The Balaban J connectivity index is 2.38. The quantitative estimate of drug-likeness (QED) is 0.696. The summed E-state index contributed by atoms with van der Waals surface area (Å²) in [6.45, 7) is 0. The fourth-order valence-corrected chi connectivity index (χ4v) is 1.96. The number of carbonyl (C=O) groups is 1. The first-order valence-corrected chi connectivity index (χ1v) is 5.48. The van der Waals surface area contributed by atoms with Gasteiger partial charge in [-0.15, -0.1) is 0 Å². The van der Waals surface area contributed by atoms with Crippen LogP contribution in [0.2, 0.25) is 0 Å². The monoisotopic (exact) mass is 258 g/mol. The van der Waals surface area contributed by atoms with E-state index in [1.165, 1.54) is 12.1 Å². The third-order valence-electron chi connectivity index (χ3n) is 2.85. The molecule has 0 saturated heterocycles. The van der Waals surface area contributed by atoms with E-state index in [4.69, 9.17) is 0 Å². The summed E-state index contributed by atoms with van der Waals surface area (Å²) in [5.74, 6) is -1.38. The van der Waals surface area contributed by atoms with Gasteiger partial charge in [0.2, 0.25) is 0 Å². The van der Waals surface area contributed by atoms with E-state index >= 15 is 0 Å². The van der Waals surface area contributed by atoms with E-state index in [0.717, 1.165) is 6.07 Å². The van der Waals surface area contributed by atoms with Crippen LogP contribution in [0.15, 0.2) is 24.3 Å². The van der Waals surface area contributed by atoms with Crippen molar-refractivity contribution in [3.8, 4) is 0 Å². The Labute approximate surface area is 101 Å². The molecular weight excluding hydrogens is 248 g/mol. The van der Waals surface area contributed by atoms with Gasteiger partial charge in [0.05, 0.1) is 5.56 Å². The molecule has 1 aliphatic rings. The fourth-order valence-electron chi connectivity index (χ4n) is 1.96. The molecule has 5 heteroatoms. The summed E-state index contributed by atoms with van der Waals surface area (Å²) in [6, 6.07) is 2.76. The van der Waals surface area contributed by atoms with Crippen LogP contribution in [0.4, 0.5) is 17.6 Å². The van der Waals surface area contributed by atoms with Gasteiger partial charge in [-0.25, -0.2) is 4.39 Å². The Hall–Kier alpha value is -1.65. The van der Waals surface area contributed by atoms with Crippen molar-refractivity contribution >= 4 is 11.4 Å². The fraction of sp³-hybridized carbons (Fsp3) is 0.308. The largest absolute Gasteiger partial charge is 0.419 e. The second kappa shape index (κ2) is 4.55. The van der Waals surface area contributed by atoms with E-state index < -0.39 is 17.6 Å². The van der Waals surface area contributed by atoms with E-state index in [0.29, 0.717) is 36.5 Å². The van der Waals surface area contributed by atoms with Crippen LogP contribution in [0.5, 0.6) is 0 Å². The molecule has 0 aliphatic heterocycles. The Morgan fingerprint density at radius 2 is 1.83 bits per heavy atom. The van der Waals surface area contributed by atoms with Crippen LogP contribution >= 0.6 is 0 Å². The van der Waals surface area contributed by atoms with Crippen LogP contribution < -0.4 is 0 Å². The van der Waals surface area contributed by atoms with E-state index in [-0.39, 0.29) is 5.78 Å². The molecule has 18 heavy (non-hydrogen) atoms. The molecule has 2 rings (SSSR count). The van der Waals surface area contributed by atoms with Gasteiger partial charge in [-0.05, 0) is 42.2 Å². The molecule has 96 valence electrons. The number of halogens is 4. The highest BCUT2D eigenvalue weighted by atomic mass is 19.4. The van der Waals surface area contributed by atoms with Gasteiger partial charge in [0, 0.05) is 6.42 Å². The summed E-state index contributed by atoms with van der Waals surface area (Å²) >= 11 is 0. The number of rotatable bonds is 1. The van der Waals surface area contributed by atoms with Gasteiger partial charge in [0.25, 0.3) is 0 Å². The van der Waals surface area contributed by atoms with E-state index in [1.807, 2.05) is 0 Å². The molecule has 0 heterocycles. The molecular formula is C13H10F4O. The summed E-state index contributed by atoms with van der Waals surface area (Å²) in [5.41, 5.74) is -0.346. The summed E-state index contributed by atoms with van der Waals surface area (Å²) < 4.78 is 50.5. The smallest absolute Gasteiger partial charge is 0.295 e. The maximum absolute atomic E-state index is 13.4. The van der Waals surface area contributed by atoms with Gasteiger partial charge in [-0.1, -0.05) is 6.07 Å². The van der Waals surface area contributed by atoms with Crippen molar-refractivity contribution in [3.63, 3.8) is 0 Å². The first kappa shape index (κ1) is 12.8. The molecule has 0 fully saturated rings. The normalized spacial score (nSPS) is 16.7. The van der Waals surface area contributed by atoms with Crippen molar-refractivity contribution in [2.24, 2.45) is 0 Å². The second-order valence-electron chi connectivity index (χ2n) is 4.18. The molecule has 1 aromatic carbocycles. The topological polar surface area (TPSA) is 17.1 Å². The summed E-state index contributed by atoms with van der Waals surface area (Å²) in [5, 5.41) is 0. The zero-order valence-corrected chi connectivity index (χ0v) is 9.35. The molecule has 0 bridgehead atoms. The molecule has 0 amide bonds. The van der Waals surface area contributed by atoms with E-state index in [9.17, 15) is 22.4 Å². The third kappa shape index (κ3) is 2.60. The highest BCUT2D eigenvalue weighted by Crippen LogP contribution is 2.33. The number of carbonyl (C=O) groups excluding carboxylic acids is 1. The third-order valence-corrected chi connectivity index (χ3v) is 2.85. The average Bonchev–Trinajstić information content (AvgIpc) is 2.27. The SMILES string of the molecule is O=C1C=C(c2ccc(C(F)(F)F)c(F)c2)CCC1. The van der Waals surface area contributed by atoms with E-state index in [1.54, 1.807) is 0 Å². The maximum atomic E-state index is 13.4. The maximum Gasteiger partial charge on any atom is 0.419 e. The zero-order chi connectivity index (χ0) is 13.3. The van der Waals surface area contributed by atoms with Gasteiger partial charge in [-0.2, -0.15) is 13.2 Å². The van der Waals surface area contributed by atoms with E-state index in [2.05, 4.69) is 0 Å². The van der Waals surface area contributed by atoms with Crippen LogP contribution in [-0.4, -0.2) is 5.78 Å². The predicted molar refractivity (Wildman–Crippen MR) is 58.2 cm³/mol. The van der Waals surface area contributed by atoms with Crippen molar-refractivity contribution in [1.29, 1.82) is 0 Å². The summed E-state index contributed by atoms with van der Waals surface area (Å²) in [7, 11) is 0. The van der Waals surface area contributed by atoms with Gasteiger partial charge < -0.3 is 0 Å². The highest BCUT2D eigenvalue weighted by molar-refractivity contribution is 5.98. The number of allylic oxidation sites excluding steroid dienone is 2. The molecule has 0 atom stereocenters. The molecule has 0 radical (unpaired) electrons. The minimum absolute atomic E-state index is 0.0726. The average molecular weight is 258 g/mol. The first-order chi connectivity index (χ1) is 8.38. The van der Waals surface area contributed by atoms with Crippen molar-refractivity contribution < 1.29 is 22.4 Å². The lowest BCUT2D eigenvalue weighted by Crippen LogP contribution is -2.09. The Kier molecular flexibility index (Phi) is 3.24. The predicted octanol–water partition coefficient (Wildman–Crippen LogP) is 3.98. The Morgan fingerprint density at radius 3 is 2.39 bits per heavy atom. The minimum atomic E-state index is -4.70. The number of benzene rings is 1. The molecule has 0 unspecified atom stereocenters. The Bertz CT molecular complexity index is 514. The summed E-state index contributed by atoms with van der Waals surface area (Å²) in [6.07, 6.45) is -1.65. The van der Waals surface area contributed by atoms with Crippen LogP contribution in [0, 0.1) is 5.82 Å². The molecule has 1 aliphatic carbocycles. The zero-order valence-electron chi connectivity index (χ0n) is 9.35. The van der Waals surface area contributed by atoms with Crippen molar-refractivity contribution in [2.75, 3.05) is 0 Å². The van der Waals surface area contributed by atoms with Crippen LogP contribution in [0.3, 0.4) is 0 Å². The van der Waals surface area contributed by atoms with Gasteiger partial charge >= 0.3 is 6.18 Å². The molecule has 0 spiro atoms. The van der Waals surface area contributed by atoms with Crippen LogP contribution in [-0.2, 0) is 11.0 Å². The van der Waals surface area contributed by atoms with Gasteiger partial charge in [0.1, 0.15) is 5.82 Å². The summed E-state index contributed by atoms with van der Waals surface area (Å²) in [4.78, 5) is 11.2. The van der Waals surface area contributed by atoms with Crippen LogP contribution in [0.25, 0.3) is 5.57 Å². The molecule has 1 nitrogen and oxygen atoms in total. The van der Waals surface area contributed by atoms with Gasteiger partial charge in [0.15, 0.2) is 5.78 Å². The van der Waals surface area contributed by atoms with Crippen molar-refractivity contribution in [1.82, 2.24) is 0 Å². The molecule has 0 N–H and O–H groups in total. The molecule has 0 aromatic heterocycles. The lowest BCUT2D eigenvalue weighted by molar-refractivity contribution is -0.140. The number of hydrogen-bond acceptors (Lipinski definition) is 1. The molecule has 0 saturated carbocycles.